The second-order valence-corrected chi connectivity index (χ2v) is 8.19. The average Bonchev–Trinajstić information content (AvgIpc) is 2.97. The Balaban J connectivity index is 1.65. The predicted molar refractivity (Wildman–Crippen MR) is 94.5 cm³/mol. The molecular formula is C19H30N4O. The Bertz CT molecular complexity index is 608. The van der Waals surface area contributed by atoms with Gasteiger partial charge in [-0.1, -0.05) is 34.1 Å². The maximum Gasteiger partial charge on any atom is 0.237 e. The van der Waals surface area contributed by atoms with Gasteiger partial charge < -0.3 is 4.90 Å². The van der Waals surface area contributed by atoms with Crippen LogP contribution in [0.15, 0.2) is 6.20 Å². The van der Waals surface area contributed by atoms with Crippen LogP contribution in [-0.4, -0.2) is 44.8 Å². The van der Waals surface area contributed by atoms with Crippen molar-refractivity contribution < 1.29 is 4.79 Å². The van der Waals surface area contributed by atoms with Gasteiger partial charge in [0.05, 0.1) is 18.8 Å². The second kappa shape index (κ2) is 6.79. The van der Waals surface area contributed by atoms with Crippen LogP contribution in [0.5, 0.6) is 0 Å². The third-order valence-electron chi connectivity index (χ3n) is 5.24. The highest BCUT2D eigenvalue weighted by Gasteiger charge is 2.30. The number of nitrogens with zero attached hydrogens (tertiary/aromatic N) is 4. The molecule has 3 rings (SSSR count). The molecule has 1 amide bonds. The number of amides is 1. The van der Waals surface area contributed by atoms with Crippen molar-refractivity contribution in [1.82, 2.24) is 19.8 Å². The van der Waals surface area contributed by atoms with Crippen molar-refractivity contribution in [2.75, 3.05) is 13.1 Å². The van der Waals surface area contributed by atoms with E-state index < -0.39 is 0 Å². The largest absolute Gasteiger partial charge is 0.331 e. The summed E-state index contributed by atoms with van der Waals surface area (Å²) in [4.78, 5) is 26.3. The molecule has 5 heteroatoms. The summed E-state index contributed by atoms with van der Waals surface area (Å²) >= 11 is 0. The first-order chi connectivity index (χ1) is 11.4. The van der Waals surface area contributed by atoms with Gasteiger partial charge in [-0.25, -0.2) is 9.97 Å². The SMILES string of the molecule is CCC1CCCCN1CC(=O)N1Cc2cnc(C(C)(C)C)nc2C1. The van der Waals surface area contributed by atoms with Gasteiger partial charge >= 0.3 is 0 Å². The molecule has 24 heavy (non-hydrogen) atoms. The molecule has 5 nitrogen and oxygen atoms in total. The Morgan fingerprint density at radius 1 is 1.29 bits per heavy atom. The van der Waals surface area contributed by atoms with E-state index in [1.54, 1.807) is 0 Å². The fourth-order valence-corrected chi connectivity index (χ4v) is 3.70. The molecule has 132 valence electrons. The van der Waals surface area contributed by atoms with Crippen LogP contribution in [0, 0.1) is 0 Å². The zero-order valence-electron chi connectivity index (χ0n) is 15.5. The topological polar surface area (TPSA) is 49.3 Å². The molecule has 0 aromatic carbocycles. The molecule has 0 aliphatic carbocycles. The molecule has 1 aromatic heterocycles. The molecule has 1 atom stereocenters. The molecule has 0 N–H and O–H groups in total. The van der Waals surface area contributed by atoms with E-state index >= 15 is 0 Å². The summed E-state index contributed by atoms with van der Waals surface area (Å²) < 4.78 is 0. The van der Waals surface area contributed by atoms with E-state index in [0.717, 1.165) is 30.0 Å². The Kier molecular flexibility index (Phi) is 4.90. The van der Waals surface area contributed by atoms with Gasteiger partial charge in [0.1, 0.15) is 5.82 Å². The van der Waals surface area contributed by atoms with E-state index in [9.17, 15) is 4.79 Å². The summed E-state index contributed by atoms with van der Waals surface area (Å²) in [5.74, 6) is 1.09. The molecule has 1 unspecified atom stereocenters. The van der Waals surface area contributed by atoms with E-state index in [1.165, 1.54) is 19.3 Å². The van der Waals surface area contributed by atoms with Gasteiger partial charge in [0.15, 0.2) is 0 Å². The van der Waals surface area contributed by atoms with Gasteiger partial charge in [0.2, 0.25) is 5.91 Å². The van der Waals surface area contributed by atoms with E-state index in [2.05, 4.69) is 37.6 Å². The monoisotopic (exact) mass is 330 g/mol. The number of likely N-dealkylation sites (tertiary alicyclic amines) is 1. The van der Waals surface area contributed by atoms with E-state index in [4.69, 9.17) is 4.98 Å². The minimum absolute atomic E-state index is 0.0609. The molecule has 1 aromatic rings. The summed E-state index contributed by atoms with van der Waals surface area (Å²) in [5, 5.41) is 0. The van der Waals surface area contributed by atoms with E-state index in [-0.39, 0.29) is 11.3 Å². The van der Waals surface area contributed by atoms with Crippen LogP contribution >= 0.6 is 0 Å². The van der Waals surface area contributed by atoms with Gasteiger partial charge in [-0.2, -0.15) is 0 Å². The molecule has 2 aliphatic heterocycles. The zero-order chi connectivity index (χ0) is 17.3. The summed E-state index contributed by atoms with van der Waals surface area (Å²) in [6.45, 7) is 11.5. The van der Waals surface area contributed by atoms with Gasteiger partial charge in [-0.05, 0) is 25.8 Å². The minimum Gasteiger partial charge on any atom is -0.331 e. The highest BCUT2D eigenvalue weighted by molar-refractivity contribution is 5.79. The van der Waals surface area contributed by atoms with Gasteiger partial charge in [-0.15, -0.1) is 0 Å². The summed E-state index contributed by atoms with van der Waals surface area (Å²) in [6, 6.07) is 0.569. The Labute approximate surface area is 145 Å². The van der Waals surface area contributed by atoms with Crippen molar-refractivity contribution in [3.05, 3.63) is 23.3 Å². The smallest absolute Gasteiger partial charge is 0.237 e. The minimum atomic E-state index is -0.0609. The van der Waals surface area contributed by atoms with E-state index in [1.807, 2.05) is 11.1 Å². The first kappa shape index (κ1) is 17.3. The lowest BCUT2D eigenvalue weighted by Crippen LogP contribution is -2.45. The molecule has 0 saturated carbocycles. The number of rotatable bonds is 3. The highest BCUT2D eigenvalue weighted by atomic mass is 16.2. The van der Waals surface area contributed by atoms with Crippen molar-refractivity contribution in [2.45, 2.75) is 77.9 Å². The Hall–Kier alpha value is -1.49. The second-order valence-electron chi connectivity index (χ2n) is 8.19. The van der Waals surface area contributed by atoms with Gasteiger partial charge in [0, 0.05) is 29.8 Å². The first-order valence-electron chi connectivity index (χ1n) is 9.25. The highest BCUT2D eigenvalue weighted by Crippen LogP contribution is 2.25. The third-order valence-corrected chi connectivity index (χ3v) is 5.24. The fourth-order valence-electron chi connectivity index (χ4n) is 3.70. The van der Waals surface area contributed by atoms with Crippen LogP contribution in [0.25, 0.3) is 0 Å². The number of aromatic nitrogens is 2. The summed E-state index contributed by atoms with van der Waals surface area (Å²) in [7, 11) is 0. The maximum atomic E-state index is 12.8. The normalized spacial score (nSPS) is 21.8. The van der Waals surface area contributed by atoms with Crippen molar-refractivity contribution in [3.63, 3.8) is 0 Å². The molecule has 3 heterocycles. The van der Waals surface area contributed by atoms with Crippen LogP contribution in [0.1, 0.15) is 70.5 Å². The number of hydrogen-bond donors (Lipinski definition) is 0. The van der Waals surface area contributed by atoms with Crippen LogP contribution in [0.2, 0.25) is 0 Å². The summed E-state index contributed by atoms with van der Waals surface area (Å²) in [5.41, 5.74) is 2.06. The van der Waals surface area contributed by atoms with Crippen LogP contribution in [0.4, 0.5) is 0 Å². The fraction of sp³-hybridized carbons (Fsp3) is 0.737. The van der Waals surface area contributed by atoms with Crippen molar-refractivity contribution in [3.8, 4) is 0 Å². The lowest BCUT2D eigenvalue weighted by atomic mass is 9.95. The lowest BCUT2D eigenvalue weighted by molar-refractivity contribution is -0.134. The van der Waals surface area contributed by atoms with Crippen molar-refractivity contribution >= 4 is 5.91 Å². The first-order valence-corrected chi connectivity index (χ1v) is 9.25. The number of piperidine rings is 1. The predicted octanol–water partition coefficient (Wildman–Crippen LogP) is 2.88. The molecule has 0 radical (unpaired) electrons. The standard InChI is InChI=1S/C19H30N4O/c1-5-15-8-6-7-9-22(15)13-17(24)23-11-14-10-20-18(19(2,3)4)21-16(14)12-23/h10,15H,5-9,11-13H2,1-4H3. The van der Waals surface area contributed by atoms with Crippen molar-refractivity contribution in [1.29, 1.82) is 0 Å². The zero-order valence-corrected chi connectivity index (χ0v) is 15.5. The number of fused-ring (bicyclic) bond motifs is 1. The Morgan fingerprint density at radius 3 is 2.79 bits per heavy atom. The lowest BCUT2D eigenvalue weighted by Gasteiger charge is -2.35. The summed E-state index contributed by atoms with van der Waals surface area (Å²) in [6.07, 6.45) is 6.78. The van der Waals surface area contributed by atoms with Crippen molar-refractivity contribution in [2.24, 2.45) is 0 Å². The quantitative estimate of drug-likeness (QED) is 0.855. The molecule has 1 saturated heterocycles. The maximum absolute atomic E-state index is 12.8. The van der Waals surface area contributed by atoms with Crippen LogP contribution in [-0.2, 0) is 23.3 Å². The molecule has 0 bridgehead atoms. The molecule has 1 fully saturated rings. The number of hydrogen-bond acceptors (Lipinski definition) is 4. The molecular weight excluding hydrogens is 300 g/mol. The number of carbonyl (C=O) groups excluding carboxylic acids is 1. The molecule has 2 aliphatic rings. The number of carbonyl (C=O) groups is 1. The van der Waals surface area contributed by atoms with Gasteiger partial charge in [-0.3, -0.25) is 9.69 Å². The van der Waals surface area contributed by atoms with E-state index in [0.29, 0.717) is 25.7 Å². The van der Waals surface area contributed by atoms with Crippen LogP contribution in [0.3, 0.4) is 0 Å². The third kappa shape index (κ3) is 3.61. The Morgan fingerprint density at radius 2 is 2.08 bits per heavy atom. The molecule has 0 spiro atoms. The van der Waals surface area contributed by atoms with Crippen LogP contribution < -0.4 is 0 Å². The van der Waals surface area contributed by atoms with Gasteiger partial charge in [0.25, 0.3) is 0 Å². The average molecular weight is 330 g/mol.